The van der Waals surface area contributed by atoms with Gasteiger partial charge in [-0.25, -0.2) is 4.79 Å². The van der Waals surface area contributed by atoms with Crippen LogP contribution < -0.4 is 16.8 Å². The van der Waals surface area contributed by atoms with Crippen LogP contribution in [0, 0.1) is 0 Å². The number of oxazole rings is 1. The zero-order valence-electron chi connectivity index (χ0n) is 10.0. The maximum atomic E-state index is 11.1. The summed E-state index contributed by atoms with van der Waals surface area (Å²) in [6.45, 7) is 0. The molecular formula is C13H9Cl2N3O2. The van der Waals surface area contributed by atoms with Gasteiger partial charge in [-0.15, -0.1) is 0 Å². The Morgan fingerprint density at radius 3 is 2.50 bits per heavy atom. The lowest BCUT2D eigenvalue weighted by atomic mass is 10.2. The molecular weight excluding hydrogens is 301 g/mol. The first kappa shape index (κ1) is 12.9. The quantitative estimate of drug-likeness (QED) is 0.629. The SMILES string of the molecule is Nc1cc2oc(=O)[nH]c2cc1Nc1cc(Cl)cc(Cl)c1. The van der Waals surface area contributed by atoms with E-state index in [1.54, 1.807) is 30.3 Å². The molecule has 0 aliphatic carbocycles. The summed E-state index contributed by atoms with van der Waals surface area (Å²) in [5.74, 6) is -0.526. The van der Waals surface area contributed by atoms with Crippen molar-refractivity contribution in [2.24, 2.45) is 0 Å². The zero-order chi connectivity index (χ0) is 14.3. The smallest absolute Gasteiger partial charge is 0.408 e. The van der Waals surface area contributed by atoms with E-state index in [9.17, 15) is 4.79 Å². The van der Waals surface area contributed by atoms with Gasteiger partial charge in [0.05, 0.1) is 16.9 Å². The normalized spacial score (nSPS) is 10.9. The number of hydrogen-bond donors (Lipinski definition) is 3. The van der Waals surface area contributed by atoms with E-state index < -0.39 is 5.76 Å². The Morgan fingerprint density at radius 2 is 1.80 bits per heavy atom. The van der Waals surface area contributed by atoms with Crippen molar-refractivity contribution in [2.45, 2.75) is 0 Å². The van der Waals surface area contributed by atoms with Crippen LogP contribution in [0.5, 0.6) is 0 Å². The summed E-state index contributed by atoms with van der Waals surface area (Å²) in [6, 6.07) is 8.32. The van der Waals surface area contributed by atoms with Crippen LogP contribution in [0.1, 0.15) is 0 Å². The number of aromatic amines is 1. The minimum atomic E-state index is -0.526. The molecule has 20 heavy (non-hydrogen) atoms. The maximum absolute atomic E-state index is 11.1. The maximum Gasteiger partial charge on any atom is 0.417 e. The van der Waals surface area contributed by atoms with E-state index in [0.29, 0.717) is 38.2 Å². The molecule has 0 atom stereocenters. The molecule has 0 saturated heterocycles. The number of fused-ring (bicyclic) bond motifs is 1. The molecule has 0 spiro atoms. The zero-order valence-corrected chi connectivity index (χ0v) is 11.5. The second kappa shape index (κ2) is 4.77. The van der Waals surface area contributed by atoms with Gasteiger partial charge in [0.15, 0.2) is 5.58 Å². The number of nitrogen functional groups attached to an aromatic ring is 1. The van der Waals surface area contributed by atoms with Crippen LogP contribution >= 0.6 is 23.2 Å². The molecule has 0 amide bonds. The first-order valence-electron chi connectivity index (χ1n) is 5.67. The van der Waals surface area contributed by atoms with Gasteiger partial charge in [0.1, 0.15) is 0 Å². The van der Waals surface area contributed by atoms with Gasteiger partial charge in [0.2, 0.25) is 0 Å². The molecule has 0 fully saturated rings. The highest BCUT2D eigenvalue weighted by atomic mass is 35.5. The molecule has 3 rings (SSSR count). The molecule has 4 N–H and O–H groups in total. The predicted octanol–water partition coefficient (Wildman–Crippen LogP) is 3.75. The van der Waals surface area contributed by atoms with Crippen molar-refractivity contribution < 1.29 is 4.42 Å². The standard InChI is InChI=1S/C13H9Cl2N3O2/c14-6-1-7(15)3-8(2-6)17-10-5-11-12(4-9(10)16)20-13(19)18-11/h1-5,17H,16H2,(H,18,19). The van der Waals surface area contributed by atoms with Crippen LogP contribution in [-0.4, -0.2) is 4.98 Å². The first-order chi connectivity index (χ1) is 9.51. The molecule has 0 unspecified atom stereocenters. The minimum Gasteiger partial charge on any atom is -0.408 e. The van der Waals surface area contributed by atoms with Gasteiger partial charge in [-0.2, -0.15) is 0 Å². The molecule has 102 valence electrons. The van der Waals surface area contributed by atoms with Gasteiger partial charge < -0.3 is 15.5 Å². The van der Waals surface area contributed by atoms with E-state index in [0.717, 1.165) is 0 Å². The molecule has 7 heteroatoms. The highest BCUT2D eigenvalue weighted by molar-refractivity contribution is 6.35. The molecule has 0 aliphatic heterocycles. The number of aromatic nitrogens is 1. The number of benzene rings is 2. The van der Waals surface area contributed by atoms with Crippen molar-refractivity contribution in [3.63, 3.8) is 0 Å². The molecule has 0 bridgehead atoms. The third kappa shape index (κ3) is 2.45. The van der Waals surface area contributed by atoms with Crippen molar-refractivity contribution in [1.29, 1.82) is 0 Å². The highest BCUT2D eigenvalue weighted by Gasteiger charge is 2.08. The van der Waals surface area contributed by atoms with Crippen LogP contribution in [-0.2, 0) is 0 Å². The summed E-state index contributed by atoms with van der Waals surface area (Å²) in [5.41, 5.74) is 8.63. The lowest BCUT2D eigenvalue weighted by Crippen LogP contribution is -1.96. The van der Waals surface area contributed by atoms with E-state index in [1.165, 1.54) is 0 Å². The van der Waals surface area contributed by atoms with Crippen molar-refractivity contribution in [3.8, 4) is 0 Å². The Labute approximate surface area is 123 Å². The number of anilines is 3. The van der Waals surface area contributed by atoms with E-state index in [4.69, 9.17) is 33.4 Å². The van der Waals surface area contributed by atoms with Crippen LogP contribution in [0.2, 0.25) is 10.0 Å². The average molecular weight is 310 g/mol. The van der Waals surface area contributed by atoms with Crippen molar-refractivity contribution in [2.75, 3.05) is 11.1 Å². The molecule has 0 aliphatic rings. The lowest BCUT2D eigenvalue weighted by molar-refractivity contribution is 0.555. The van der Waals surface area contributed by atoms with Crippen LogP contribution in [0.3, 0.4) is 0 Å². The van der Waals surface area contributed by atoms with Crippen LogP contribution in [0.15, 0.2) is 39.5 Å². The summed E-state index contributed by atoms with van der Waals surface area (Å²) >= 11 is 11.9. The van der Waals surface area contributed by atoms with Crippen molar-refractivity contribution in [1.82, 2.24) is 4.98 Å². The lowest BCUT2D eigenvalue weighted by Gasteiger charge is -2.10. The topological polar surface area (TPSA) is 84.0 Å². The first-order valence-corrected chi connectivity index (χ1v) is 6.42. The van der Waals surface area contributed by atoms with E-state index in [-0.39, 0.29) is 0 Å². The Balaban J connectivity index is 2.05. The Hall–Kier alpha value is -2.11. The molecule has 3 aromatic rings. The second-order valence-electron chi connectivity index (χ2n) is 4.23. The Morgan fingerprint density at radius 1 is 1.10 bits per heavy atom. The molecule has 0 radical (unpaired) electrons. The number of nitrogens with two attached hydrogens (primary N) is 1. The summed E-state index contributed by atoms with van der Waals surface area (Å²) in [6.07, 6.45) is 0. The number of rotatable bonds is 2. The number of H-pyrrole nitrogens is 1. The number of hydrogen-bond acceptors (Lipinski definition) is 4. The highest BCUT2D eigenvalue weighted by Crippen LogP contribution is 2.30. The number of halogens is 2. The Kier molecular flexibility index (Phi) is 3.08. The fourth-order valence-corrected chi connectivity index (χ4v) is 2.43. The summed E-state index contributed by atoms with van der Waals surface area (Å²) in [7, 11) is 0. The molecule has 5 nitrogen and oxygen atoms in total. The van der Waals surface area contributed by atoms with Gasteiger partial charge in [-0.1, -0.05) is 23.2 Å². The van der Waals surface area contributed by atoms with Crippen LogP contribution in [0.25, 0.3) is 11.1 Å². The largest absolute Gasteiger partial charge is 0.417 e. The van der Waals surface area contributed by atoms with Crippen molar-refractivity contribution in [3.05, 3.63) is 50.9 Å². The predicted molar refractivity (Wildman–Crippen MR) is 81.0 cm³/mol. The van der Waals surface area contributed by atoms with E-state index in [2.05, 4.69) is 10.3 Å². The fraction of sp³-hybridized carbons (Fsp3) is 0. The minimum absolute atomic E-state index is 0.405. The van der Waals surface area contributed by atoms with Crippen LogP contribution in [0.4, 0.5) is 17.1 Å². The van der Waals surface area contributed by atoms with Gasteiger partial charge in [-0.05, 0) is 24.3 Å². The molecule has 2 aromatic carbocycles. The third-order valence-corrected chi connectivity index (χ3v) is 3.17. The molecule has 1 aromatic heterocycles. The second-order valence-corrected chi connectivity index (χ2v) is 5.11. The Bertz CT molecular complexity index is 834. The summed E-state index contributed by atoms with van der Waals surface area (Å²) < 4.78 is 4.93. The summed E-state index contributed by atoms with van der Waals surface area (Å²) in [5, 5.41) is 4.12. The van der Waals surface area contributed by atoms with Gasteiger partial charge in [0, 0.05) is 21.8 Å². The monoisotopic (exact) mass is 309 g/mol. The summed E-state index contributed by atoms with van der Waals surface area (Å²) in [4.78, 5) is 13.7. The average Bonchev–Trinajstić information content (AvgIpc) is 2.67. The fourth-order valence-electron chi connectivity index (χ4n) is 1.90. The third-order valence-electron chi connectivity index (χ3n) is 2.73. The molecule has 0 saturated carbocycles. The van der Waals surface area contributed by atoms with Gasteiger partial charge in [0.25, 0.3) is 0 Å². The number of nitrogens with one attached hydrogen (secondary N) is 2. The molecule has 1 heterocycles. The van der Waals surface area contributed by atoms with Gasteiger partial charge >= 0.3 is 5.76 Å². The van der Waals surface area contributed by atoms with Gasteiger partial charge in [-0.3, -0.25) is 4.98 Å². The van der Waals surface area contributed by atoms with E-state index in [1.807, 2.05) is 0 Å². The van der Waals surface area contributed by atoms with E-state index >= 15 is 0 Å². The van der Waals surface area contributed by atoms with Crippen molar-refractivity contribution >= 4 is 51.4 Å².